The smallest absolute Gasteiger partial charge is 0.142 e. The molecule has 13 heavy (non-hydrogen) atoms. The number of fused-ring (bicyclic) bond motifs is 1. The van der Waals surface area contributed by atoms with E-state index in [0.29, 0.717) is 5.69 Å². The van der Waals surface area contributed by atoms with Crippen molar-refractivity contribution in [1.82, 2.24) is 4.98 Å². The van der Waals surface area contributed by atoms with Crippen LogP contribution in [0, 0.1) is 5.41 Å². The molecule has 2 rings (SSSR count). The van der Waals surface area contributed by atoms with Crippen LogP contribution in [-0.2, 0) is 0 Å². The van der Waals surface area contributed by atoms with Crippen molar-refractivity contribution in [1.29, 1.82) is 5.41 Å². The van der Waals surface area contributed by atoms with Gasteiger partial charge in [-0.2, -0.15) is 0 Å². The lowest BCUT2D eigenvalue weighted by atomic mass is 10.1. The Hall–Kier alpha value is -1.90. The summed E-state index contributed by atoms with van der Waals surface area (Å²) in [5.41, 5.74) is 5.95. The van der Waals surface area contributed by atoms with Gasteiger partial charge in [-0.3, -0.25) is 10.4 Å². The minimum absolute atomic E-state index is 0.0109. The highest BCUT2D eigenvalue weighted by Crippen LogP contribution is 2.15. The van der Waals surface area contributed by atoms with Crippen molar-refractivity contribution in [2.75, 3.05) is 0 Å². The topological polar surface area (TPSA) is 62.8 Å². The first-order chi connectivity index (χ1) is 6.29. The first-order valence-corrected chi connectivity index (χ1v) is 3.97. The largest absolute Gasteiger partial charge is 0.382 e. The van der Waals surface area contributed by atoms with E-state index in [4.69, 9.17) is 11.1 Å². The number of hydrogen-bond acceptors (Lipinski definition) is 2. The molecule has 0 amide bonds. The predicted octanol–water partition coefficient (Wildman–Crippen LogP) is 1.52. The molecule has 3 heteroatoms. The van der Waals surface area contributed by atoms with Crippen LogP contribution >= 0.6 is 0 Å². The Morgan fingerprint density at radius 1 is 1.23 bits per heavy atom. The third-order valence-electron chi connectivity index (χ3n) is 1.93. The van der Waals surface area contributed by atoms with Crippen LogP contribution in [0.15, 0.2) is 36.5 Å². The van der Waals surface area contributed by atoms with E-state index in [-0.39, 0.29) is 5.84 Å². The highest BCUT2D eigenvalue weighted by atomic mass is 14.8. The summed E-state index contributed by atoms with van der Waals surface area (Å²) >= 11 is 0. The van der Waals surface area contributed by atoms with Gasteiger partial charge in [0.1, 0.15) is 11.5 Å². The number of aromatic nitrogens is 1. The normalized spacial score (nSPS) is 10.2. The number of nitrogens with one attached hydrogen (secondary N) is 1. The number of nitrogens with two attached hydrogens (primary N) is 1. The summed E-state index contributed by atoms with van der Waals surface area (Å²) in [7, 11) is 0. The fourth-order valence-corrected chi connectivity index (χ4v) is 1.33. The SMILES string of the molecule is N=C(N)c1nccc2ccccc12. The van der Waals surface area contributed by atoms with E-state index >= 15 is 0 Å². The quantitative estimate of drug-likeness (QED) is 0.504. The Morgan fingerprint density at radius 2 is 2.00 bits per heavy atom. The summed E-state index contributed by atoms with van der Waals surface area (Å²) in [6.45, 7) is 0. The molecule has 1 heterocycles. The van der Waals surface area contributed by atoms with E-state index in [1.165, 1.54) is 0 Å². The third-order valence-corrected chi connectivity index (χ3v) is 1.93. The molecular weight excluding hydrogens is 162 g/mol. The monoisotopic (exact) mass is 171 g/mol. The fraction of sp³-hybridized carbons (Fsp3) is 0. The maximum absolute atomic E-state index is 7.33. The lowest BCUT2D eigenvalue weighted by Crippen LogP contribution is -2.13. The zero-order valence-corrected chi connectivity index (χ0v) is 6.99. The Labute approximate surface area is 75.7 Å². The van der Waals surface area contributed by atoms with Crippen LogP contribution in [0.1, 0.15) is 5.69 Å². The zero-order chi connectivity index (χ0) is 9.26. The van der Waals surface area contributed by atoms with Gasteiger partial charge in [-0.25, -0.2) is 0 Å². The van der Waals surface area contributed by atoms with Crippen LogP contribution in [0.3, 0.4) is 0 Å². The molecule has 0 saturated heterocycles. The van der Waals surface area contributed by atoms with Gasteiger partial charge in [0.2, 0.25) is 0 Å². The van der Waals surface area contributed by atoms with Crippen LogP contribution in [0.25, 0.3) is 10.8 Å². The van der Waals surface area contributed by atoms with Gasteiger partial charge >= 0.3 is 0 Å². The maximum atomic E-state index is 7.33. The minimum atomic E-state index is 0.0109. The average Bonchev–Trinajstić information content (AvgIpc) is 2.17. The Bertz CT molecular complexity index is 457. The van der Waals surface area contributed by atoms with Crippen molar-refractivity contribution in [2.24, 2.45) is 5.73 Å². The van der Waals surface area contributed by atoms with Crippen molar-refractivity contribution in [3.63, 3.8) is 0 Å². The van der Waals surface area contributed by atoms with Gasteiger partial charge in [-0.1, -0.05) is 24.3 Å². The van der Waals surface area contributed by atoms with Crippen molar-refractivity contribution in [3.8, 4) is 0 Å². The summed E-state index contributed by atoms with van der Waals surface area (Å²) < 4.78 is 0. The number of hydrogen-bond donors (Lipinski definition) is 2. The molecule has 1 aromatic heterocycles. The molecule has 0 spiro atoms. The molecule has 2 aromatic rings. The van der Waals surface area contributed by atoms with Gasteiger partial charge in [-0.15, -0.1) is 0 Å². The van der Waals surface area contributed by atoms with E-state index in [1.807, 2.05) is 30.3 Å². The molecule has 0 unspecified atom stereocenters. The van der Waals surface area contributed by atoms with Crippen molar-refractivity contribution >= 4 is 16.6 Å². The summed E-state index contributed by atoms with van der Waals surface area (Å²) in [5, 5.41) is 9.32. The molecule has 0 aliphatic carbocycles. The molecule has 0 atom stereocenters. The number of pyridine rings is 1. The van der Waals surface area contributed by atoms with Crippen LogP contribution < -0.4 is 5.73 Å². The summed E-state index contributed by atoms with van der Waals surface area (Å²) in [4.78, 5) is 4.06. The molecular formula is C10H9N3. The molecule has 0 bridgehead atoms. The second-order valence-electron chi connectivity index (χ2n) is 2.79. The number of benzene rings is 1. The van der Waals surface area contributed by atoms with Gasteiger partial charge in [-0.05, 0) is 11.5 Å². The molecule has 3 nitrogen and oxygen atoms in total. The molecule has 64 valence electrons. The zero-order valence-electron chi connectivity index (χ0n) is 6.99. The summed E-state index contributed by atoms with van der Waals surface area (Å²) in [5.74, 6) is 0.0109. The van der Waals surface area contributed by atoms with E-state index < -0.39 is 0 Å². The predicted molar refractivity (Wildman–Crippen MR) is 52.8 cm³/mol. The maximum Gasteiger partial charge on any atom is 0.142 e. The highest BCUT2D eigenvalue weighted by Gasteiger charge is 2.02. The van der Waals surface area contributed by atoms with E-state index in [1.54, 1.807) is 6.20 Å². The van der Waals surface area contributed by atoms with Gasteiger partial charge < -0.3 is 5.73 Å². The summed E-state index contributed by atoms with van der Waals surface area (Å²) in [6, 6.07) is 9.66. The number of amidine groups is 1. The van der Waals surface area contributed by atoms with Crippen LogP contribution in [-0.4, -0.2) is 10.8 Å². The second-order valence-corrected chi connectivity index (χ2v) is 2.79. The standard InChI is InChI=1S/C10H9N3/c11-10(12)9-8-4-2-1-3-7(8)5-6-13-9/h1-6H,(H3,11,12). The average molecular weight is 171 g/mol. The molecule has 0 radical (unpaired) electrons. The van der Waals surface area contributed by atoms with Crippen LogP contribution in [0.4, 0.5) is 0 Å². The Balaban J connectivity index is 2.83. The molecule has 0 aliphatic heterocycles. The van der Waals surface area contributed by atoms with E-state index in [0.717, 1.165) is 10.8 Å². The molecule has 3 N–H and O–H groups in total. The second kappa shape index (κ2) is 2.86. The number of nitrogen functional groups attached to an aromatic ring is 1. The van der Waals surface area contributed by atoms with E-state index in [2.05, 4.69) is 4.98 Å². The van der Waals surface area contributed by atoms with E-state index in [9.17, 15) is 0 Å². The Kier molecular flexibility index (Phi) is 1.70. The molecule has 0 saturated carbocycles. The minimum Gasteiger partial charge on any atom is -0.382 e. The molecule has 1 aromatic carbocycles. The van der Waals surface area contributed by atoms with Gasteiger partial charge in [0.05, 0.1) is 0 Å². The van der Waals surface area contributed by atoms with Gasteiger partial charge in [0, 0.05) is 11.6 Å². The van der Waals surface area contributed by atoms with Gasteiger partial charge in [0.15, 0.2) is 0 Å². The lowest BCUT2D eigenvalue weighted by Gasteiger charge is -2.02. The molecule has 0 aliphatic rings. The van der Waals surface area contributed by atoms with Crippen molar-refractivity contribution in [3.05, 3.63) is 42.2 Å². The lowest BCUT2D eigenvalue weighted by molar-refractivity contribution is 1.28. The first kappa shape index (κ1) is 7.73. The van der Waals surface area contributed by atoms with Crippen LogP contribution in [0.5, 0.6) is 0 Å². The molecule has 0 fully saturated rings. The highest BCUT2D eigenvalue weighted by molar-refractivity contribution is 6.05. The van der Waals surface area contributed by atoms with Gasteiger partial charge in [0.25, 0.3) is 0 Å². The van der Waals surface area contributed by atoms with Crippen LogP contribution in [0.2, 0.25) is 0 Å². The fourth-order valence-electron chi connectivity index (χ4n) is 1.33. The summed E-state index contributed by atoms with van der Waals surface area (Å²) in [6.07, 6.45) is 1.67. The third kappa shape index (κ3) is 1.24. The Morgan fingerprint density at radius 3 is 2.77 bits per heavy atom. The number of rotatable bonds is 1. The first-order valence-electron chi connectivity index (χ1n) is 3.97. The van der Waals surface area contributed by atoms with Crippen molar-refractivity contribution < 1.29 is 0 Å². The van der Waals surface area contributed by atoms with Crippen molar-refractivity contribution in [2.45, 2.75) is 0 Å². The number of nitrogens with zero attached hydrogens (tertiary/aromatic N) is 1.